The van der Waals surface area contributed by atoms with Gasteiger partial charge < -0.3 is 10.1 Å². The van der Waals surface area contributed by atoms with Crippen molar-refractivity contribution in [3.63, 3.8) is 0 Å². The van der Waals surface area contributed by atoms with Crippen molar-refractivity contribution in [2.75, 3.05) is 13.2 Å². The third kappa shape index (κ3) is 7.01. The molecule has 1 N–H and O–H groups in total. The van der Waals surface area contributed by atoms with Crippen LogP contribution < -0.4 is 5.32 Å². The van der Waals surface area contributed by atoms with Crippen LogP contribution in [0.5, 0.6) is 0 Å². The highest BCUT2D eigenvalue weighted by molar-refractivity contribution is 6.05. The van der Waals surface area contributed by atoms with Gasteiger partial charge in [-0.25, -0.2) is 4.79 Å². The van der Waals surface area contributed by atoms with E-state index >= 15 is 0 Å². The lowest BCUT2D eigenvalue weighted by molar-refractivity contribution is 0.0553. The average Bonchev–Trinajstić information content (AvgIpc) is 2.58. The Morgan fingerprint density at radius 2 is 1.74 bits per heavy atom. The maximum atomic E-state index is 12.2. The molecule has 0 aliphatic heterocycles. The molecule has 0 spiro atoms. The molecule has 4 nitrogen and oxygen atoms in total. The minimum atomic E-state index is -0.576. The van der Waals surface area contributed by atoms with E-state index in [9.17, 15) is 9.59 Å². The molecule has 0 aliphatic carbocycles. The molecule has 0 saturated heterocycles. The second-order valence-electron chi connectivity index (χ2n) is 5.35. The van der Waals surface area contributed by atoms with Gasteiger partial charge in [0.15, 0.2) is 6.61 Å². The smallest absolute Gasteiger partial charge is 0.339 e. The lowest BCUT2D eigenvalue weighted by Gasteiger charge is -2.09. The van der Waals surface area contributed by atoms with E-state index in [-0.39, 0.29) is 18.1 Å². The number of hydrogen-bond acceptors (Lipinski definition) is 3. The van der Waals surface area contributed by atoms with E-state index in [1.165, 1.54) is 25.7 Å². The van der Waals surface area contributed by atoms with Crippen LogP contribution in [0.1, 0.15) is 66.2 Å². The maximum absolute atomic E-state index is 12.2. The van der Waals surface area contributed by atoms with E-state index in [2.05, 4.69) is 18.2 Å². The molecule has 1 rings (SSSR count). The van der Waals surface area contributed by atoms with Crippen molar-refractivity contribution in [1.29, 1.82) is 0 Å². The minimum Gasteiger partial charge on any atom is -0.449 e. The summed E-state index contributed by atoms with van der Waals surface area (Å²) in [6.07, 6.45) is 12.0. The molecular weight excluding hydrogens is 290 g/mol. The summed E-state index contributed by atoms with van der Waals surface area (Å²) in [5, 5.41) is 2.85. The number of rotatable bonds is 10. The van der Waals surface area contributed by atoms with Crippen molar-refractivity contribution < 1.29 is 14.3 Å². The Balaban J connectivity index is 2.47. The number of benzene rings is 1. The highest BCUT2D eigenvalue weighted by atomic mass is 16.5. The zero-order valence-corrected chi connectivity index (χ0v) is 13.8. The number of ether oxygens (including phenoxy) is 1. The van der Waals surface area contributed by atoms with Gasteiger partial charge in [0.25, 0.3) is 5.91 Å². The Kier molecular flexibility index (Phi) is 9.23. The topological polar surface area (TPSA) is 55.4 Å². The first-order chi connectivity index (χ1) is 11.2. The van der Waals surface area contributed by atoms with E-state index < -0.39 is 5.97 Å². The van der Waals surface area contributed by atoms with Crippen LogP contribution >= 0.6 is 0 Å². The van der Waals surface area contributed by atoms with Crippen molar-refractivity contribution in [2.45, 2.75) is 45.4 Å². The van der Waals surface area contributed by atoms with Crippen LogP contribution in [0.4, 0.5) is 0 Å². The largest absolute Gasteiger partial charge is 0.449 e. The first kappa shape index (κ1) is 18.8. The van der Waals surface area contributed by atoms with Gasteiger partial charge in [0.1, 0.15) is 0 Å². The first-order valence-electron chi connectivity index (χ1n) is 8.18. The molecule has 0 heterocycles. The Morgan fingerprint density at radius 1 is 1.09 bits per heavy atom. The second-order valence-corrected chi connectivity index (χ2v) is 5.35. The Bertz CT molecular complexity index is 546. The van der Waals surface area contributed by atoms with Gasteiger partial charge in [0.05, 0.1) is 11.1 Å². The predicted octanol–water partition coefficient (Wildman–Crippen LogP) is 3.57. The molecule has 23 heavy (non-hydrogen) atoms. The van der Waals surface area contributed by atoms with Gasteiger partial charge in [-0.2, -0.15) is 0 Å². The molecule has 0 atom stereocenters. The van der Waals surface area contributed by atoms with E-state index in [4.69, 9.17) is 11.2 Å². The Hall–Kier alpha value is -2.28. The van der Waals surface area contributed by atoms with Gasteiger partial charge in [0, 0.05) is 6.54 Å². The van der Waals surface area contributed by atoms with Crippen LogP contribution in [0.25, 0.3) is 0 Å². The number of carbonyl (C=O) groups is 2. The van der Waals surface area contributed by atoms with Crippen molar-refractivity contribution in [3.05, 3.63) is 35.4 Å². The van der Waals surface area contributed by atoms with Crippen molar-refractivity contribution >= 4 is 11.9 Å². The summed E-state index contributed by atoms with van der Waals surface area (Å²) in [7, 11) is 0. The molecule has 1 aromatic carbocycles. The summed E-state index contributed by atoms with van der Waals surface area (Å²) in [6.45, 7) is 2.69. The molecule has 1 amide bonds. The van der Waals surface area contributed by atoms with Gasteiger partial charge in [-0.15, -0.1) is 6.42 Å². The molecule has 0 aliphatic rings. The molecule has 0 unspecified atom stereocenters. The second kappa shape index (κ2) is 11.3. The molecule has 124 valence electrons. The molecular formula is C19H25NO3. The highest BCUT2D eigenvalue weighted by Crippen LogP contribution is 2.11. The third-order valence-electron chi connectivity index (χ3n) is 3.49. The highest BCUT2D eigenvalue weighted by Gasteiger charge is 2.17. The lowest BCUT2D eigenvalue weighted by atomic mass is 10.1. The van der Waals surface area contributed by atoms with E-state index in [1.807, 2.05) is 0 Å². The van der Waals surface area contributed by atoms with Gasteiger partial charge in [-0.1, -0.05) is 57.1 Å². The van der Waals surface area contributed by atoms with Crippen LogP contribution in [-0.2, 0) is 4.74 Å². The Morgan fingerprint density at radius 3 is 2.43 bits per heavy atom. The van der Waals surface area contributed by atoms with Crippen LogP contribution in [0.3, 0.4) is 0 Å². The van der Waals surface area contributed by atoms with E-state index in [0.717, 1.165) is 12.8 Å². The van der Waals surface area contributed by atoms with Gasteiger partial charge in [-0.3, -0.25) is 4.79 Å². The fourth-order valence-corrected chi connectivity index (χ4v) is 2.25. The number of esters is 1. The van der Waals surface area contributed by atoms with Gasteiger partial charge in [-0.05, 0) is 18.6 Å². The zero-order valence-electron chi connectivity index (χ0n) is 13.8. The number of hydrogen-bond donors (Lipinski definition) is 1. The number of terminal acetylenes is 1. The summed E-state index contributed by atoms with van der Waals surface area (Å²) in [5.74, 6) is 1.40. The summed E-state index contributed by atoms with van der Waals surface area (Å²) >= 11 is 0. The van der Waals surface area contributed by atoms with E-state index in [0.29, 0.717) is 12.1 Å². The SMILES string of the molecule is C#CCOC(=O)c1ccccc1C(=O)NCCCCCCCC. The van der Waals surface area contributed by atoms with Crippen molar-refractivity contribution in [1.82, 2.24) is 5.32 Å². The quantitative estimate of drug-likeness (QED) is 0.408. The Labute approximate surface area is 138 Å². The fraction of sp³-hybridized carbons (Fsp3) is 0.474. The van der Waals surface area contributed by atoms with Crippen LogP contribution in [0, 0.1) is 12.3 Å². The molecule has 0 radical (unpaired) electrons. The van der Waals surface area contributed by atoms with Crippen LogP contribution in [0.2, 0.25) is 0 Å². The molecule has 0 aromatic heterocycles. The zero-order chi connectivity index (χ0) is 16.9. The average molecular weight is 315 g/mol. The summed E-state index contributed by atoms with van der Waals surface area (Å²) < 4.78 is 4.89. The summed E-state index contributed by atoms with van der Waals surface area (Å²) in [5.41, 5.74) is 0.559. The molecule has 4 heteroatoms. The van der Waals surface area contributed by atoms with Crippen molar-refractivity contribution in [3.8, 4) is 12.3 Å². The summed E-state index contributed by atoms with van der Waals surface area (Å²) in [6, 6.07) is 6.59. The number of amides is 1. The van der Waals surface area contributed by atoms with Gasteiger partial charge >= 0.3 is 5.97 Å². The first-order valence-corrected chi connectivity index (χ1v) is 8.18. The molecule has 0 fully saturated rings. The molecule has 1 aromatic rings. The minimum absolute atomic E-state index is 0.105. The summed E-state index contributed by atoms with van der Waals surface area (Å²) in [4.78, 5) is 24.1. The third-order valence-corrected chi connectivity index (χ3v) is 3.49. The fourth-order valence-electron chi connectivity index (χ4n) is 2.25. The predicted molar refractivity (Wildman–Crippen MR) is 91.3 cm³/mol. The molecule has 0 saturated carbocycles. The number of carbonyl (C=O) groups excluding carboxylic acids is 2. The lowest BCUT2D eigenvalue weighted by Crippen LogP contribution is -2.26. The van der Waals surface area contributed by atoms with Gasteiger partial charge in [0.2, 0.25) is 0 Å². The standard InChI is InChI=1S/C19H25NO3/c1-3-5-6-7-8-11-14-20-18(21)16-12-9-10-13-17(16)19(22)23-15-4-2/h2,9-10,12-13H,3,5-8,11,14-15H2,1H3,(H,20,21). The van der Waals surface area contributed by atoms with Crippen molar-refractivity contribution in [2.24, 2.45) is 0 Å². The molecule has 0 bridgehead atoms. The number of unbranched alkanes of at least 4 members (excludes halogenated alkanes) is 5. The van der Waals surface area contributed by atoms with Crippen LogP contribution in [0.15, 0.2) is 24.3 Å². The normalized spacial score (nSPS) is 9.91. The maximum Gasteiger partial charge on any atom is 0.339 e. The van der Waals surface area contributed by atoms with Crippen LogP contribution in [-0.4, -0.2) is 25.0 Å². The van der Waals surface area contributed by atoms with E-state index in [1.54, 1.807) is 24.3 Å². The number of nitrogens with one attached hydrogen (secondary N) is 1. The monoisotopic (exact) mass is 315 g/mol.